The van der Waals surface area contributed by atoms with Gasteiger partial charge >= 0.3 is 0 Å². The van der Waals surface area contributed by atoms with Crippen molar-refractivity contribution >= 4 is 17.3 Å². The van der Waals surface area contributed by atoms with Crippen molar-refractivity contribution in [2.75, 3.05) is 50.5 Å². The van der Waals surface area contributed by atoms with Crippen LogP contribution in [-0.4, -0.2) is 55.7 Å². The molecule has 1 aromatic heterocycles. The highest BCUT2D eigenvalue weighted by Crippen LogP contribution is 2.37. The molecular weight excluding hydrogens is 280 g/mol. The highest BCUT2D eigenvalue weighted by atomic mass is 16.5. The van der Waals surface area contributed by atoms with E-state index in [1.54, 1.807) is 6.20 Å². The van der Waals surface area contributed by atoms with Gasteiger partial charge < -0.3 is 15.4 Å². The molecule has 1 unspecified atom stereocenters. The van der Waals surface area contributed by atoms with Crippen LogP contribution in [0.1, 0.15) is 18.5 Å². The van der Waals surface area contributed by atoms with Gasteiger partial charge in [-0.1, -0.05) is 0 Å². The molecule has 0 aliphatic carbocycles. The number of nitrogens with zero attached hydrogens (tertiary/aromatic N) is 2. The van der Waals surface area contributed by atoms with E-state index in [0.717, 1.165) is 56.2 Å². The number of amides is 1. The van der Waals surface area contributed by atoms with Gasteiger partial charge in [-0.3, -0.25) is 14.7 Å². The number of aryl methyl sites for hydroxylation is 1. The van der Waals surface area contributed by atoms with Crippen LogP contribution in [0.25, 0.3) is 0 Å². The second-order valence-corrected chi connectivity index (χ2v) is 6.42. The number of carbonyl (C=O) groups is 1. The van der Waals surface area contributed by atoms with Crippen LogP contribution in [0, 0.1) is 12.3 Å². The Hall–Kier alpha value is -1.66. The van der Waals surface area contributed by atoms with Gasteiger partial charge in [0.2, 0.25) is 5.91 Å². The van der Waals surface area contributed by atoms with Crippen molar-refractivity contribution < 1.29 is 9.53 Å². The van der Waals surface area contributed by atoms with Crippen LogP contribution < -0.4 is 10.6 Å². The number of nitrogens with one attached hydrogen (secondary N) is 2. The highest BCUT2D eigenvalue weighted by Gasteiger charge is 2.41. The number of pyridine rings is 1. The molecule has 1 aromatic rings. The fraction of sp³-hybridized carbons (Fsp3) is 0.625. The summed E-state index contributed by atoms with van der Waals surface area (Å²) >= 11 is 0. The summed E-state index contributed by atoms with van der Waals surface area (Å²) in [5.74, 6) is 0.0173. The Kier molecular flexibility index (Phi) is 4.31. The largest absolute Gasteiger partial charge is 0.387 e. The lowest BCUT2D eigenvalue weighted by Gasteiger charge is -2.21. The van der Waals surface area contributed by atoms with Gasteiger partial charge in [-0.2, -0.15) is 0 Å². The van der Waals surface area contributed by atoms with Crippen molar-refractivity contribution in [2.24, 2.45) is 5.41 Å². The molecule has 1 atom stereocenters. The average Bonchev–Trinajstić information content (AvgIpc) is 3.11. The highest BCUT2D eigenvalue weighted by molar-refractivity contribution is 5.92. The first-order valence-corrected chi connectivity index (χ1v) is 7.85. The Labute approximate surface area is 131 Å². The van der Waals surface area contributed by atoms with Gasteiger partial charge in [-0.25, -0.2) is 0 Å². The SMILES string of the molecule is CNc1cc(NC(=O)CN2CCC3(CCOC3)C2)cnc1C. The molecule has 0 aromatic carbocycles. The summed E-state index contributed by atoms with van der Waals surface area (Å²) in [6, 6.07) is 1.91. The van der Waals surface area contributed by atoms with Crippen molar-refractivity contribution in [3.05, 3.63) is 18.0 Å². The van der Waals surface area contributed by atoms with Gasteiger partial charge in [0.15, 0.2) is 0 Å². The predicted molar refractivity (Wildman–Crippen MR) is 86.1 cm³/mol. The smallest absolute Gasteiger partial charge is 0.238 e. The zero-order chi connectivity index (χ0) is 15.6. The molecule has 3 heterocycles. The Morgan fingerprint density at radius 2 is 2.36 bits per heavy atom. The fourth-order valence-electron chi connectivity index (χ4n) is 3.39. The molecule has 2 fully saturated rings. The van der Waals surface area contributed by atoms with Crippen molar-refractivity contribution in [2.45, 2.75) is 19.8 Å². The molecule has 120 valence electrons. The van der Waals surface area contributed by atoms with E-state index in [1.165, 1.54) is 0 Å². The number of rotatable bonds is 4. The molecule has 1 amide bonds. The number of carbonyl (C=O) groups excluding carboxylic acids is 1. The number of likely N-dealkylation sites (tertiary alicyclic amines) is 1. The van der Waals surface area contributed by atoms with Gasteiger partial charge in [0.1, 0.15) is 0 Å². The second kappa shape index (κ2) is 6.22. The maximum atomic E-state index is 12.2. The van der Waals surface area contributed by atoms with Crippen LogP contribution >= 0.6 is 0 Å². The molecule has 2 aliphatic rings. The summed E-state index contributed by atoms with van der Waals surface area (Å²) in [7, 11) is 1.85. The van der Waals surface area contributed by atoms with Crippen LogP contribution in [0.15, 0.2) is 12.3 Å². The lowest BCUT2D eigenvalue weighted by atomic mass is 9.87. The molecule has 2 aliphatic heterocycles. The molecule has 22 heavy (non-hydrogen) atoms. The van der Waals surface area contributed by atoms with Crippen LogP contribution in [-0.2, 0) is 9.53 Å². The third-order valence-electron chi connectivity index (χ3n) is 4.71. The van der Waals surface area contributed by atoms with E-state index in [1.807, 2.05) is 20.0 Å². The summed E-state index contributed by atoms with van der Waals surface area (Å²) < 4.78 is 5.53. The second-order valence-electron chi connectivity index (χ2n) is 6.42. The Balaban J connectivity index is 1.54. The Morgan fingerprint density at radius 1 is 1.50 bits per heavy atom. The van der Waals surface area contributed by atoms with Crippen molar-refractivity contribution in [1.82, 2.24) is 9.88 Å². The van der Waals surface area contributed by atoms with Crippen LogP contribution in [0.2, 0.25) is 0 Å². The molecule has 0 radical (unpaired) electrons. The first-order valence-electron chi connectivity index (χ1n) is 7.85. The zero-order valence-electron chi connectivity index (χ0n) is 13.3. The molecular formula is C16H24N4O2. The first-order chi connectivity index (χ1) is 10.6. The molecule has 6 heteroatoms. The van der Waals surface area contributed by atoms with Crippen molar-refractivity contribution in [1.29, 1.82) is 0 Å². The normalized spacial score (nSPS) is 24.8. The average molecular weight is 304 g/mol. The van der Waals surface area contributed by atoms with Gasteiger partial charge in [0.05, 0.1) is 36.4 Å². The minimum atomic E-state index is 0.0173. The van der Waals surface area contributed by atoms with E-state index in [4.69, 9.17) is 4.74 Å². The standard InChI is InChI=1S/C16H24N4O2/c1-12-14(17-2)7-13(8-18-12)19-15(21)9-20-5-3-16(10-20)4-6-22-11-16/h7-8,17H,3-6,9-11H2,1-2H3,(H,19,21). The lowest BCUT2D eigenvalue weighted by Crippen LogP contribution is -2.34. The monoisotopic (exact) mass is 304 g/mol. The summed E-state index contributed by atoms with van der Waals surface area (Å²) in [4.78, 5) is 18.7. The van der Waals surface area contributed by atoms with Crippen molar-refractivity contribution in [3.8, 4) is 0 Å². The minimum absolute atomic E-state index is 0.0173. The summed E-state index contributed by atoms with van der Waals surface area (Å²) in [5, 5.41) is 6.01. The van der Waals surface area contributed by atoms with Gasteiger partial charge in [-0.05, 0) is 32.4 Å². The number of aromatic nitrogens is 1. The Morgan fingerprint density at radius 3 is 3.09 bits per heavy atom. The molecule has 2 saturated heterocycles. The number of anilines is 2. The van der Waals surface area contributed by atoms with Crippen molar-refractivity contribution in [3.63, 3.8) is 0 Å². The van der Waals surface area contributed by atoms with Gasteiger partial charge in [0, 0.05) is 25.6 Å². The van der Waals surface area contributed by atoms with E-state index in [0.29, 0.717) is 12.0 Å². The summed E-state index contributed by atoms with van der Waals surface area (Å²) in [5.41, 5.74) is 2.88. The molecule has 2 N–H and O–H groups in total. The topological polar surface area (TPSA) is 66.5 Å². The van der Waals surface area contributed by atoms with Gasteiger partial charge in [-0.15, -0.1) is 0 Å². The zero-order valence-corrected chi connectivity index (χ0v) is 13.3. The molecule has 6 nitrogen and oxygen atoms in total. The third kappa shape index (κ3) is 3.23. The van der Waals surface area contributed by atoms with E-state index >= 15 is 0 Å². The molecule has 1 spiro atoms. The summed E-state index contributed by atoms with van der Waals surface area (Å²) in [6.45, 7) is 6.02. The van der Waals surface area contributed by atoms with Gasteiger partial charge in [0.25, 0.3) is 0 Å². The molecule has 3 rings (SSSR count). The molecule has 0 bridgehead atoms. The summed E-state index contributed by atoms with van der Waals surface area (Å²) in [6.07, 6.45) is 3.96. The first kappa shape index (κ1) is 15.2. The van der Waals surface area contributed by atoms with Crippen LogP contribution in [0.5, 0.6) is 0 Å². The maximum Gasteiger partial charge on any atom is 0.238 e. The Bertz CT molecular complexity index is 555. The minimum Gasteiger partial charge on any atom is -0.387 e. The lowest BCUT2D eigenvalue weighted by molar-refractivity contribution is -0.117. The number of hydrogen-bond acceptors (Lipinski definition) is 5. The maximum absolute atomic E-state index is 12.2. The number of hydrogen-bond donors (Lipinski definition) is 2. The quantitative estimate of drug-likeness (QED) is 0.882. The van der Waals surface area contributed by atoms with Crippen LogP contribution in [0.3, 0.4) is 0 Å². The molecule has 0 saturated carbocycles. The fourth-order valence-corrected chi connectivity index (χ4v) is 3.39. The van der Waals surface area contributed by atoms with E-state index < -0.39 is 0 Å². The number of ether oxygens (including phenoxy) is 1. The van der Waals surface area contributed by atoms with Crippen LogP contribution in [0.4, 0.5) is 11.4 Å². The van der Waals surface area contributed by atoms with E-state index in [-0.39, 0.29) is 5.91 Å². The third-order valence-corrected chi connectivity index (χ3v) is 4.71. The van der Waals surface area contributed by atoms with E-state index in [9.17, 15) is 4.79 Å². The van der Waals surface area contributed by atoms with E-state index in [2.05, 4.69) is 20.5 Å². The predicted octanol–water partition coefficient (Wildman–Crippen LogP) is 1.48.